The number of ether oxygens (including phenoxy) is 9. The molecule has 13 N–H and O–H groups in total. The topological polar surface area (TPSA) is 346 Å². The summed E-state index contributed by atoms with van der Waals surface area (Å²) >= 11 is 0. The Kier molecular flexibility index (Phi) is 13.9. The summed E-state index contributed by atoms with van der Waals surface area (Å²) in [6.07, 6.45) is -39.9. The third-order valence-electron chi connectivity index (χ3n) is 10.2. The minimum absolute atomic E-state index is 0.779. The maximum absolute atomic E-state index is 11.6. The Morgan fingerprint density at radius 1 is 0.346 bits per heavy atom. The molecule has 0 bridgehead atoms. The third kappa shape index (κ3) is 8.29. The molecule has 5 aliphatic rings. The predicted octanol–water partition coefficient (Wildman–Crippen LogP) is -7.81. The van der Waals surface area contributed by atoms with E-state index < -0.39 is 160 Å². The van der Waals surface area contributed by atoms with Crippen molar-refractivity contribution in [1.82, 2.24) is 0 Å². The second-order valence-electron chi connectivity index (χ2n) is 13.9. The number of hydrogen-bond acceptors (Lipinski definition) is 22. The minimum Gasteiger partial charge on any atom is -0.394 e. The van der Waals surface area contributed by atoms with E-state index in [1.165, 1.54) is 27.7 Å². The van der Waals surface area contributed by atoms with Crippen molar-refractivity contribution in [1.29, 1.82) is 0 Å². The van der Waals surface area contributed by atoms with E-state index in [0.717, 1.165) is 0 Å². The first-order valence-electron chi connectivity index (χ1n) is 17.0. The standard InChI is InChI=1S/C30H52O22/c1-6-12(33)16(37)25(26(43)44-6)52-28-20(41)17(38)22(8(3)46-28)49-30-21(42)24(51-27-18(39)14(35)11(32)7(2)45-27)23(9(4)47-30)50-29-19(40)15(36)13(34)10(5-31)48-29/h6-43H,5H2,1-4H3/t6-,7+,8-,9-,10+,11-,12-,13+,14-,15-,16+,17-,18+,19+,20+,21+,22-,23-,24-,25+,26?,27-,28-,29-,30-/m0/s1. The van der Waals surface area contributed by atoms with Gasteiger partial charge in [0, 0.05) is 0 Å². The van der Waals surface area contributed by atoms with Crippen LogP contribution in [0.15, 0.2) is 0 Å². The Bertz CT molecular complexity index is 1140. The van der Waals surface area contributed by atoms with Crippen LogP contribution in [0.5, 0.6) is 0 Å². The maximum atomic E-state index is 11.6. The molecule has 0 radical (unpaired) electrons. The van der Waals surface area contributed by atoms with Gasteiger partial charge in [-0.3, -0.25) is 0 Å². The molecule has 22 nitrogen and oxygen atoms in total. The summed E-state index contributed by atoms with van der Waals surface area (Å²) in [6.45, 7) is 4.81. The van der Waals surface area contributed by atoms with Gasteiger partial charge < -0.3 is 109 Å². The lowest BCUT2D eigenvalue weighted by Gasteiger charge is -2.50. The molecule has 0 saturated carbocycles. The molecule has 5 aliphatic heterocycles. The zero-order valence-electron chi connectivity index (χ0n) is 28.6. The van der Waals surface area contributed by atoms with Crippen molar-refractivity contribution in [3.05, 3.63) is 0 Å². The fourth-order valence-corrected chi connectivity index (χ4v) is 6.84. The molecular weight excluding hydrogens is 712 g/mol. The Balaban J connectivity index is 1.33. The molecule has 25 atom stereocenters. The van der Waals surface area contributed by atoms with Gasteiger partial charge in [-0.15, -0.1) is 0 Å². The van der Waals surface area contributed by atoms with Crippen molar-refractivity contribution in [3.8, 4) is 0 Å². The molecule has 5 saturated heterocycles. The summed E-state index contributed by atoms with van der Waals surface area (Å²) < 4.78 is 50.9. The van der Waals surface area contributed by atoms with Crippen LogP contribution >= 0.6 is 0 Å². The maximum Gasteiger partial charge on any atom is 0.187 e. The highest BCUT2D eigenvalue weighted by molar-refractivity contribution is 4.98. The minimum atomic E-state index is -1.93. The molecule has 0 spiro atoms. The van der Waals surface area contributed by atoms with Crippen molar-refractivity contribution >= 4 is 0 Å². The Morgan fingerprint density at radius 3 is 1.33 bits per heavy atom. The van der Waals surface area contributed by atoms with Gasteiger partial charge in [0.05, 0.1) is 31.0 Å². The molecule has 5 rings (SSSR count). The van der Waals surface area contributed by atoms with Crippen LogP contribution in [0.2, 0.25) is 0 Å². The van der Waals surface area contributed by atoms with E-state index in [4.69, 9.17) is 42.6 Å². The number of rotatable bonds is 9. The largest absolute Gasteiger partial charge is 0.394 e. The molecule has 5 fully saturated rings. The average Bonchev–Trinajstić information content (AvgIpc) is 3.10. The van der Waals surface area contributed by atoms with Crippen LogP contribution in [-0.2, 0) is 42.6 Å². The molecule has 22 heteroatoms. The van der Waals surface area contributed by atoms with E-state index in [0.29, 0.717) is 0 Å². The normalized spacial score (nSPS) is 56.4. The molecule has 304 valence electrons. The quantitative estimate of drug-likeness (QED) is 0.104. The molecule has 0 aliphatic carbocycles. The molecule has 1 unspecified atom stereocenters. The van der Waals surface area contributed by atoms with Gasteiger partial charge in [0.15, 0.2) is 31.5 Å². The van der Waals surface area contributed by atoms with Crippen LogP contribution in [0, 0.1) is 0 Å². The monoisotopic (exact) mass is 764 g/mol. The smallest absolute Gasteiger partial charge is 0.187 e. The first kappa shape index (κ1) is 42.3. The van der Waals surface area contributed by atoms with Crippen molar-refractivity contribution in [2.45, 2.75) is 181 Å². The first-order chi connectivity index (χ1) is 24.4. The van der Waals surface area contributed by atoms with E-state index in [1.807, 2.05) is 0 Å². The zero-order chi connectivity index (χ0) is 38.5. The van der Waals surface area contributed by atoms with Gasteiger partial charge in [-0.1, -0.05) is 0 Å². The average molecular weight is 765 g/mol. The van der Waals surface area contributed by atoms with Crippen LogP contribution in [0.4, 0.5) is 0 Å². The third-order valence-corrected chi connectivity index (χ3v) is 10.2. The van der Waals surface area contributed by atoms with Gasteiger partial charge in [0.2, 0.25) is 0 Å². The van der Waals surface area contributed by atoms with Crippen LogP contribution in [0.3, 0.4) is 0 Å². The Morgan fingerprint density at radius 2 is 0.731 bits per heavy atom. The van der Waals surface area contributed by atoms with Crippen molar-refractivity contribution in [2.75, 3.05) is 6.61 Å². The number of aliphatic hydroxyl groups excluding tert-OH is 13. The van der Waals surface area contributed by atoms with Gasteiger partial charge in [0.1, 0.15) is 97.7 Å². The molecule has 0 aromatic heterocycles. The fourth-order valence-electron chi connectivity index (χ4n) is 6.84. The van der Waals surface area contributed by atoms with Crippen molar-refractivity contribution in [2.24, 2.45) is 0 Å². The lowest BCUT2D eigenvalue weighted by atomic mass is 9.95. The number of aliphatic hydroxyl groups is 13. The zero-order valence-corrected chi connectivity index (χ0v) is 28.6. The van der Waals surface area contributed by atoms with Gasteiger partial charge in [-0.25, -0.2) is 0 Å². The van der Waals surface area contributed by atoms with Gasteiger partial charge in [-0.2, -0.15) is 0 Å². The highest BCUT2D eigenvalue weighted by Crippen LogP contribution is 2.36. The van der Waals surface area contributed by atoms with E-state index in [9.17, 15) is 66.4 Å². The molecule has 0 aromatic rings. The van der Waals surface area contributed by atoms with Crippen molar-refractivity contribution in [3.63, 3.8) is 0 Å². The summed E-state index contributed by atoms with van der Waals surface area (Å²) in [5.74, 6) is 0. The lowest BCUT2D eigenvalue weighted by molar-refractivity contribution is -0.398. The molecule has 52 heavy (non-hydrogen) atoms. The van der Waals surface area contributed by atoms with E-state index in [1.54, 1.807) is 0 Å². The Labute approximate surface area is 297 Å². The first-order valence-corrected chi connectivity index (χ1v) is 17.0. The summed E-state index contributed by atoms with van der Waals surface area (Å²) in [7, 11) is 0. The molecule has 5 heterocycles. The molecule has 0 amide bonds. The Hall–Kier alpha value is -0.880. The van der Waals surface area contributed by atoms with E-state index >= 15 is 0 Å². The summed E-state index contributed by atoms with van der Waals surface area (Å²) in [4.78, 5) is 0. The SMILES string of the molecule is C[C@@H]1OC(O)[C@H](O[C@@H]2O[C@@H](C)[C@H](O[C@@H]3O[C@@H](C)[C@H](O[C@@H]4O[C@H](CO)[C@@H](O)[C@H](O)[C@H]4O)[C@@H](O[C@@H]4O[C@H](C)[C@H](O)[C@H](O)[C@H]4O)[C@H]3O)[C@@H](O)[C@H]2O)[C@H](O)[C@H]1O. The van der Waals surface area contributed by atoms with Crippen LogP contribution < -0.4 is 0 Å². The summed E-state index contributed by atoms with van der Waals surface area (Å²) in [5, 5.41) is 136. The number of hydrogen-bond donors (Lipinski definition) is 13. The lowest BCUT2D eigenvalue weighted by Crippen LogP contribution is -2.67. The highest BCUT2D eigenvalue weighted by Gasteiger charge is 2.56. The second kappa shape index (κ2) is 17.1. The molecular formula is C30H52O22. The van der Waals surface area contributed by atoms with E-state index in [2.05, 4.69) is 0 Å². The fraction of sp³-hybridized carbons (Fsp3) is 1.00. The van der Waals surface area contributed by atoms with Gasteiger partial charge >= 0.3 is 0 Å². The predicted molar refractivity (Wildman–Crippen MR) is 161 cm³/mol. The van der Waals surface area contributed by atoms with Crippen LogP contribution in [0.25, 0.3) is 0 Å². The molecule has 0 aromatic carbocycles. The van der Waals surface area contributed by atoms with Crippen molar-refractivity contribution < 1.29 is 109 Å². The van der Waals surface area contributed by atoms with Gasteiger partial charge in [0.25, 0.3) is 0 Å². The second-order valence-corrected chi connectivity index (χ2v) is 13.9. The van der Waals surface area contributed by atoms with E-state index in [-0.39, 0.29) is 0 Å². The van der Waals surface area contributed by atoms with Crippen LogP contribution in [-0.4, -0.2) is 227 Å². The summed E-state index contributed by atoms with van der Waals surface area (Å²) in [6, 6.07) is 0. The summed E-state index contributed by atoms with van der Waals surface area (Å²) in [5.41, 5.74) is 0. The van der Waals surface area contributed by atoms with Crippen LogP contribution in [0.1, 0.15) is 27.7 Å². The highest BCUT2D eigenvalue weighted by atomic mass is 16.8. The van der Waals surface area contributed by atoms with Gasteiger partial charge in [-0.05, 0) is 27.7 Å².